The lowest BCUT2D eigenvalue weighted by atomic mass is 9.93. The van der Waals surface area contributed by atoms with E-state index < -0.39 is 68.7 Å². The third-order valence-electron chi connectivity index (χ3n) is 13.9. The fraction of sp³-hybridized carbons (Fsp3) is 0.929. The van der Waals surface area contributed by atoms with E-state index in [0.29, 0.717) is 32.1 Å². The molecule has 15 heteroatoms. The second-order valence-corrected chi connectivity index (χ2v) is 21.7. The van der Waals surface area contributed by atoms with Gasteiger partial charge >= 0.3 is 25.7 Å². The molecule has 1 rings (SSSR count). The van der Waals surface area contributed by atoms with Gasteiger partial charge < -0.3 is 39.2 Å². The second-order valence-electron chi connectivity index (χ2n) is 20.5. The molecule has 1 heterocycles. The van der Waals surface area contributed by atoms with Crippen LogP contribution >= 0.6 is 7.82 Å². The van der Waals surface area contributed by atoms with E-state index in [-0.39, 0.29) is 38.4 Å². The van der Waals surface area contributed by atoms with Crippen LogP contribution in [0.15, 0.2) is 0 Å². The number of carbonyl (C=O) groups is 4. The molecule has 0 radical (unpaired) electrons. The minimum absolute atomic E-state index is 0.0195. The van der Waals surface area contributed by atoms with Gasteiger partial charge in [-0.1, -0.05) is 220 Å². The van der Waals surface area contributed by atoms with Crippen LogP contribution in [-0.2, 0) is 47.2 Å². The summed E-state index contributed by atoms with van der Waals surface area (Å²) in [5.74, 6) is -2.51. The summed E-state index contributed by atoms with van der Waals surface area (Å²) in [6, 6.07) is -1.08. The maximum atomic E-state index is 14.4. The number of hydrogen-bond donors (Lipinski definition) is 4. The Bertz CT molecular complexity index is 1360. The molecule has 1 aliphatic heterocycles. The van der Waals surface area contributed by atoms with Crippen LogP contribution in [0, 0.1) is 5.92 Å². The zero-order valence-corrected chi connectivity index (χ0v) is 46.4. The minimum Gasteiger partial charge on any atom is -0.466 e. The molecule has 0 aliphatic carbocycles. The van der Waals surface area contributed by atoms with E-state index in [1.165, 1.54) is 122 Å². The van der Waals surface area contributed by atoms with Gasteiger partial charge in [0.15, 0.2) is 6.10 Å². The first kappa shape index (κ1) is 66.9. The molecule has 0 bridgehead atoms. The molecule has 0 aromatic carbocycles. The van der Waals surface area contributed by atoms with Gasteiger partial charge in [0, 0.05) is 12.8 Å². The number of amides is 1. The summed E-state index contributed by atoms with van der Waals surface area (Å²) in [4.78, 5) is 72.9. The number of unbranched alkanes of at least 4 members (excludes halogenated alkanes) is 29. The number of carbonyl (C=O) groups excluding carboxylic acids is 4. The van der Waals surface area contributed by atoms with E-state index in [4.69, 9.17) is 23.5 Å². The van der Waals surface area contributed by atoms with Gasteiger partial charge in [0.05, 0.1) is 37.7 Å². The number of aliphatic hydroxyl groups excluding tert-OH is 1. The highest BCUT2D eigenvalue weighted by atomic mass is 31.2. The van der Waals surface area contributed by atoms with Crippen molar-refractivity contribution in [3.63, 3.8) is 0 Å². The molecule has 71 heavy (non-hydrogen) atoms. The number of ether oxygens (including phenoxy) is 4. The number of hydrogen-bond acceptors (Lipinski definition) is 11. The lowest BCUT2D eigenvalue weighted by Gasteiger charge is -2.42. The molecule has 0 aromatic heterocycles. The van der Waals surface area contributed by atoms with Gasteiger partial charge in [-0.2, -0.15) is 0 Å². The van der Waals surface area contributed by atoms with E-state index in [1.54, 1.807) is 6.92 Å². The fourth-order valence-electron chi connectivity index (χ4n) is 9.57. The standard InChI is InChI=1S/C56H106NO13P/c1-5-9-12-15-18-21-23-24-27-29-32-35-40-47(39-34-31-28-26-22-19-16-13-10-6-2)56(62)69-54-49(57-51(59)44-48(58)41-36-33-30-25-20-17-14-11-7-3)45-67-50(55(54)70-71(63,64)65)46-68-53(61)43-38-37-42-52(60)66-8-4/h47-50,54-55,58H,5-46H2,1-4H3,(H,57,59)(H2,63,64,65)/t47?,48-,49+,50-,54-,55-/m1/s1. The Morgan fingerprint density at radius 1 is 0.549 bits per heavy atom. The first-order chi connectivity index (χ1) is 34.3. The molecule has 14 nitrogen and oxygen atoms in total. The predicted molar refractivity (Wildman–Crippen MR) is 283 cm³/mol. The van der Waals surface area contributed by atoms with Crippen molar-refractivity contribution >= 4 is 31.6 Å². The number of phosphoric acid groups is 1. The Morgan fingerprint density at radius 2 is 0.944 bits per heavy atom. The monoisotopic (exact) mass is 1030 g/mol. The van der Waals surface area contributed by atoms with Crippen LogP contribution in [0.1, 0.15) is 278 Å². The molecule has 0 aromatic rings. The smallest absolute Gasteiger partial charge is 0.466 e. The van der Waals surface area contributed by atoms with Crippen molar-refractivity contribution in [1.29, 1.82) is 0 Å². The fourth-order valence-corrected chi connectivity index (χ4v) is 10.1. The van der Waals surface area contributed by atoms with Gasteiger partial charge in [-0.3, -0.25) is 23.7 Å². The van der Waals surface area contributed by atoms with Gasteiger partial charge in [0.25, 0.3) is 0 Å². The first-order valence-corrected chi connectivity index (χ1v) is 30.7. The highest BCUT2D eigenvalue weighted by molar-refractivity contribution is 7.46. The first-order valence-electron chi connectivity index (χ1n) is 29.2. The lowest BCUT2D eigenvalue weighted by molar-refractivity contribution is -0.196. The van der Waals surface area contributed by atoms with E-state index in [9.17, 15) is 38.6 Å². The molecule has 4 N–H and O–H groups in total. The lowest BCUT2D eigenvalue weighted by Crippen LogP contribution is -2.62. The van der Waals surface area contributed by atoms with Crippen LogP contribution < -0.4 is 5.32 Å². The number of aliphatic hydroxyl groups is 1. The zero-order chi connectivity index (χ0) is 52.2. The molecule has 1 aliphatic rings. The molecule has 1 fully saturated rings. The number of phosphoric ester groups is 1. The SMILES string of the molecule is CCCCCCCCCCCCCCC(CCCCCCCCCCCC)C(=O)O[C@H]1[C@H](OP(=O)(O)O)[C@@H](COC(=O)CCCCC(=O)OCC)OC[C@@H]1NC(=O)C[C@H](O)CCCCCCCCCCC. The summed E-state index contributed by atoms with van der Waals surface area (Å²) in [5, 5.41) is 13.7. The Kier molecular flexibility index (Phi) is 42.7. The number of nitrogens with one attached hydrogen (secondary N) is 1. The summed E-state index contributed by atoms with van der Waals surface area (Å²) in [6.07, 6.45) is 33.1. The molecule has 0 spiro atoms. The average Bonchev–Trinajstić information content (AvgIpc) is 3.32. The van der Waals surface area contributed by atoms with Crippen molar-refractivity contribution in [2.75, 3.05) is 19.8 Å². The van der Waals surface area contributed by atoms with E-state index >= 15 is 0 Å². The van der Waals surface area contributed by atoms with Crippen LogP contribution in [0.25, 0.3) is 0 Å². The van der Waals surface area contributed by atoms with Crippen molar-refractivity contribution in [1.82, 2.24) is 5.32 Å². The Morgan fingerprint density at radius 3 is 1.35 bits per heavy atom. The van der Waals surface area contributed by atoms with Crippen molar-refractivity contribution in [2.24, 2.45) is 5.92 Å². The summed E-state index contributed by atoms with van der Waals surface area (Å²) in [5.41, 5.74) is 0. The van der Waals surface area contributed by atoms with E-state index in [0.717, 1.165) is 77.0 Å². The van der Waals surface area contributed by atoms with Gasteiger partial charge in [-0.25, -0.2) is 4.57 Å². The van der Waals surface area contributed by atoms with Crippen LogP contribution in [0.3, 0.4) is 0 Å². The zero-order valence-electron chi connectivity index (χ0n) is 45.5. The number of esters is 3. The van der Waals surface area contributed by atoms with Crippen LogP contribution in [0.5, 0.6) is 0 Å². The van der Waals surface area contributed by atoms with Gasteiger partial charge in [-0.15, -0.1) is 0 Å². The Labute approximate surface area is 432 Å². The average molecular weight is 1030 g/mol. The molecule has 6 atom stereocenters. The summed E-state index contributed by atoms with van der Waals surface area (Å²) in [7, 11) is -5.26. The van der Waals surface area contributed by atoms with Crippen LogP contribution in [-0.4, -0.2) is 89.0 Å². The third kappa shape index (κ3) is 38.2. The molecular weight excluding hydrogens is 926 g/mol. The second kappa shape index (κ2) is 45.3. The molecule has 418 valence electrons. The van der Waals surface area contributed by atoms with Gasteiger partial charge in [0.2, 0.25) is 5.91 Å². The van der Waals surface area contributed by atoms with Crippen molar-refractivity contribution in [3.05, 3.63) is 0 Å². The number of rotatable bonds is 49. The highest BCUT2D eigenvalue weighted by Gasteiger charge is 2.48. The summed E-state index contributed by atoms with van der Waals surface area (Å²) in [6.45, 7) is 7.95. The molecule has 0 saturated carbocycles. The normalized spacial score (nSPS) is 18.0. The van der Waals surface area contributed by atoms with Crippen molar-refractivity contribution in [2.45, 2.75) is 309 Å². The van der Waals surface area contributed by atoms with E-state index in [2.05, 4.69) is 26.1 Å². The molecule has 1 unspecified atom stereocenters. The Balaban J connectivity index is 3.16. The molecule has 1 saturated heterocycles. The topological polar surface area (TPSA) is 204 Å². The predicted octanol–water partition coefficient (Wildman–Crippen LogP) is 13.6. The largest absolute Gasteiger partial charge is 0.470 e. The molecular formula is C56H106NO13P. The summed E-state index contributed by atoms with van der Waals surface area (Å²) >= 11 is 0. The minimum atomic E-state index is -5.26. The van der Waals surface area contributed by atoms with E-state index in [1.807, 2.05) is 0 Å². The van der Waals surface area contributed by atoms with Crippen LogP contribution in [0.4, 0.5) is 0 Å². The third-order valence-corrected chi connectivity index (χ3v) is 14.4. The van der Waals surface area contributed by atoms with Gasteiger partial charge in [0.1, 0.15) is 18.8 Å². The Hall–Kier alpha value is -2.09. The summed E-state index contributed by atoms with van der Waals surface area (Å²) < 4.78 is 40.7. The van der Waals surface area contributed by atoms with Crippen LogP contribution in [0.2, 0.25) is 0 Å². The van der Waals surface area contributed by atoms with Crippen molar-refractivity contribution in [3.8, 4) is 0 Å². The molecule has 1 amide bonds. The quantitative estimate of drug-likeness (QED) is 0.0194. The maximum absolute atomic E-state index is 14.4. The van der Waals surface area contributed by atoms with Gasteiger partial charge in [-0.05, 0) is 39.0 Å². The van der Waals surface area contributed by atoms with Crippen molar-refractivity contribution < 1.29 is 62.1 Å². The highest BCUT2D eigenvalue weighted by Crippen LogP contribution is 2.42. The maximum Gasteiger partial charge on any atom is 0.470 e.